The van der Waals surface area contributed by atoms with E-state index in [2.05, 4.69) is 9.98 Å². The summed E-state index contributed by atoms with van der Waals surface area (Å²) in [7, 11) is 0. The molecule has 2 rings (SSSR count). The zero-order valence-electron chi connectivity index (χ0n) is 10.6. The Hall–Kier alpha value is -1.75. The number of aryl methyl sites for hydroxylation is 1. The zero-order chi connectivity index (χ0) is 13.5. The quantitative estimate of drug-likeness (QED) is 0.813. The van der Waals surface area contributed by atoms with Crippen LogP contribution in [0.2, 0.25) is 5.02 Å². The molecule has 6 heteroatoms. The summed E-state index contributed by atoms with van der Waals surface area (Å²) < 4.78 is 0. The van der Waals surface area contributed by atoms with Crippen molar-refractivity contribution in [2.45, 2.75) is 26.4 Å². The second-order valence-corrected chi connectivity index (χ2v) is 5.14. The summed E-state index contributed by atoms with van der Waals surface area (Å²) in [5, 5.41) is 0.640. The Morgan fingerprint density at radius 2 is 1.94 bits per heavy atom. The van der Waals surface area contributed by atoms with Gasteiger partial charge in [-0.15, -0.1) is 0 Å². The van der Waals surface area contributed by atoms with Crippen molar-refractivity contribution in [2.75, 3.05) is 4.90 Å². The fourth-order valence-corrected chi connectivity index (χ4v) is 2.21. The molecule has 0 fully saturated rings. The van der Waals surface area contributed by atoms with Crippen molar-refractivity contribution in [1.82, 2.24) is 0 Å². The molecule has 1 aliphatic rings. The average Bonchev–Trinajstić information content (AvgIpc) is 2.20. The first-order chi connectivity index (χ1) is 8.31. The number of hydrogen-bond donors (Lipinski definition) is 2. The topological polar surface area (TPSA) is 80.0 Å². The number of aliphatic imine (C=N–C) groups is 2. The number of anilines is 1. The second-order valence-electron chi connectivity index (χ2n) is 4.70. The minimum absolute atomic E-state index is 0.188. The van der Waals surface area contributed by atoms with Crippen molar-refractivity contribution in [2.24, 2.45) is 21.5 Å². The minimum Gasteiger partial charge on any atom is -0.369 e. The lowest BCUT2D eigenvalue weighted by atomic mass is 10.1. The van der Waals surface area contributed by atoms with E-state index in [1.54, 1.807) is 0 Å². The molecule has 0 saturated heterocycles. The number of guanidine groups is 2. The van der Waals surface area contributed by atoms with Gasteiger partial charge in [0.05, 0.1) is 5.69 Å². The Bertz CT molecular complexity index is 547. The first-order valence-electron chi connectivity index (χ1n) is 5.57. The predicted molar refractivity (Wildman–Crippen MR) is 76.0 cm³/mol. The van der Waals surface area contributed by atoms with Gasteiger partial charge in [-0.2, -0.15) is 4.99 Å². The first kappa shape index (κ1) is 12.7. The Morgan fingerprint density at radius 1 is 1.28 bits per heavy atom. The molecule has 0 aromatic heterocycles. The van der Waals surface area contributed by atoms with E-state index in [-0.39, 0.29) is 5.96 Å². The van der Waals surface area contributed by atoms with Crippen molar-refractivity contribution in [1.29, 1.82) is 0 Å². The van der Waals surface area contributed by atoms with Gasteiger partial charge in [0.25, 0.3) is 0 Å². The summed E-state index contributed by atoms with van der Waals surface area (Å²) in [4.78, 5) is 10.1. The molecule has 0 spiro atoms. The van der Waals surface area contributed by atoms with Crippen molar-refractivity contribution in [3.05, 3.63) is 28.8 Å². The van der Waals surface area contributed by atoms with Gasteiger partial charge in [0.2, 0.25) is 11.9 Å². The summed E-state index contributed by atoms with van der Waals surface area (Å²) in [5.74, 6) is 0.506. The van der Waals surface area contributed by atoms with Gasteiger partial charge < -0.3 is 11.5 Å². The van der Waals surface area contributed by atoms with Gasteiger partial charge >= 0.3 is 0 Å². The lowest BCUT2D eigenvalue weighted by Crippen LogP contribution is -2.54. The molecular weight excluding hydrogens is 250 g/mol. The van der Waals surface area contributed by atoms with Gasteiger partial charge in [-0.3, -0.25) is 4.90 Å². The van der Waals surface area contributed by atoms with Gasteiger partial charge in [0, 0.05) is 5.02 Å². The highest BCUT2D eigenvalue weighted by Gasteiger charge is 2.33. The predicted octanol–water partition coefficient (Wildman–Crippen LogP) is 1.83. The molecule has 1 aromatic rings. The van der Waals surface area contributed by atoms with Gasteiger partial charge in [0.15, 0.2) is 0 Å². The molecular formula is C12H16ClN5. The molecule has 18 heavy (non-hydrogen) atoms. The largest absolute Gasteiger partial charge is 0.369 e. The van der Waals surface area contributed by atoms with Crippen LogP contribution >= 0.6 is 11.6 Å². The van der Waals surface area contributed by atoms with Crippen molar-refractivity contribution in [3.63, 3.8) is 0 Å². The molecule has 1 aliphatic heterocycles. The van der Waals surface area contributed by atoms with E-state index in [0.29, 0.717) is 11.0 Å². The van der Waals surface area contributed by atoms with E-state index in [9.17, 15) is 0 Å². The smallest absolute Gasteiger partial charge is 0.220 e. The van der Waals surface area contributed by atoms with Crippen molar-refractivity contribution < 1.29 is 0 Å². The van der Waals surface area contributed by atoms with Crippen LogP contribution in [0.5, 0.6) is 0 Å². The highest BCUT2D eigenvalue weighted by molar-refractivity contribution is 6.31. The van der Waals surface area contributed by atoms with E-state index < -0.39 is 5.66 Å². The average molecular weight is 266 g/mol. The fraction of sp³-hybridized carbons (Fsp3) is 0.333. The Morgan fingerprint density at radius 3 is 2.56 bits per heavy atom. The first-order valence-corrected chi connectivity index (χ1v) is 5.95. The molecule has 0 bridgehead atoms. The van der Waals surface area contributed by atoms with Gasteiger partial charge in [-0.1, -0.05) is 17.7 Å². The zero-order valence-corrected chi connectivity index (χ0v) is 11.4. The van der Waals surface area contributed by atoms with Crippen LogP contribution in [0, 0.1) is 6.92 Å². The summed E-state index contributed by atoms with van der Waals surface area (Å²) in [6.07, 6.45) is 0. The van der Waals surface area contributed by atoms with Crippen LogP contribution < -0.4 is 16.4 Å². The molecule has 1 heterocycles. The van der Waals surface area contributed by atoms with Crippen LogP contribution in [0.25, 0.3) is 0 Å². The maximum atomic E-state index is 6.04. The standard InChI is InChI=1S/C12H16ClN5/c1-7-4-5-8(13)6-9(7)18-11(15)16-10(14)17-12(18,2)3/h4-6H,1-3H3,(H4,14,15,16,17). The second kappa shape index (κ2) is 4.17. The lowest BCUT2D eigenvalue weighted by Gasteiger charge is -2.39. The van der Waals surface area contributed by atoms with Crippen LogP contribution in [-0.2, 0) is 0 Å². The number of hydrogen-bond acceptors (Lipinski definition) is 5. The van der Waals surface area contributed by atoms with Crippen molar-refractivity contribution in [3.8, 4) is 0 Å². The van der Waals surface area contributed by atoms with Crippen LogP contribution in [0.3, 0.4) is 0 Å². The van der Waals surface area contributed by atoms with E-state index in [1.165, 1.54) is 0 Å². The van der Waals surface area contributed by atoms with E-state index in [4.69, 9.17) is 23.1 Å². The molecule has 0 atom stereocenters. The van der Waals surface area contributed by atoms with E-state index in [0.717, 1.165) is 11.3 Å². The number of nitrogens with zero attached hydrogens (tertiary/aromatic N) is 3. The van der Waals surface area contributed by atoms with Gasteiger partial charge in [-0.05, 0) is 38.5 Å². The molecule has 0 radical (unpaired) electrons. The highest BCUT2D eigenvalue weighted by atomic mass is 35.5. The molecule has 0 unspecified atom stereocenters. The maximum Gasteiger partial charge on any atom is 0.220 e. The SMILES string of the molecule is Cc1ccc(Cl)cc1N1C(N)=NC(N)=NC1(C)C. The van der Waals surface area contributed by atoms with E-state index >= 15 is 0 Å². The normalized spacial score (nSPS) is 18.3. The molecule has 5 nitrogen and oxygen atoms in total. The number of rotatable bonds is 1. The van der Waals surface area contributed by atoms with E-state index in [1.807, 2.05) is 43.9 Å². The molecule has 0 saturated carbocycles. The third-order valence-electron chi connectivity index (χ3n) is 2.81. The highest BCUT2D eigenvalue weighted by Crippen LogP contribution is 2.31. The maximum absolute atomic E-state index is 6.04. The Labute approximate surface area is 111 Å². The lowest BCUT2D eigenvalue weighted by molar-refractivity contribution is 0.533. The van der Waals surface area contributed by atoms with Crippen LogP contribution in [0.1, 0.15) is 19.4 Å². The Balaban J connectivity index is 2.57. The van der Waals surface area contributed by atoms with Gasteiger partial charge in [-0.25, -0.2) is 4.99 Å². The third kappa shape index (κ3) is 2.13. The fourth-order valence-electron chi connectivity index (χ4n) is 2.04. The van der Waals surface area contributed by atoms with Crippen molar-refractivity contribution >= 4 is 29.2 Å². The third-order valence-corrected chi connectivity index (χ3v) is 3.04. The monoisotopic (exact) mass is 265 g/mol. The summed E-state index contributed by atoms with van der Waals surface area (Å²) >= 11 is 6.04. The molecule has 0 aliphatic carbocycles. The molecule has 96 valence electrons. The summed E-state index contributed by atoms with van der Waals surface area (Å²) in [6.45, 7) is 5.82. The van der Waals surface area contributed by atoms with Crippen LogP contribution in [-0.4, -0.2) is 17.6 Å². The van der Waals surface area contributed by atoms with Crippen LogP contribution in [0.4, 0.5) is 5.69 Å². The van der Waals surface area contributed by atoms with Crippen LogP contribution in [0.15, 0.2) is 28.2 Å². The minimum atomic E-state index is -0.592. The number of nitrogens with two attached hydrogens (primary N) is 2. The number of benzene rings is 1. The summed E-state index contributed by atoms with van der Waals surface area (Å²) in [6, 6.07) is 5.61. The summed E-state index contributed by atoms with van der Waals surface area (Å²) in [5.41, 5.74) is 12.9. The molecule has 4 N–H and O–H groups in total. The van der Waals surface area contributed by atoms with Gasteiger partial charge in [0.1, 0.15) is 5.66 Å². The Kier molecular flexibility index (Phi) is 2.94. The molecule has 0 amide bonds. The number of halogens is 1. The molecule has 1 aromatic carbocycles.